The molecule has 7 nitrogen and oxygen atoms in total. The van der Waals surface area contributed by atoms with Crippen molar-refractivity contribution in [3.8, 4) is 0 Å². The van der Waals surface area contributed by atoms with Crippen LogP contribution >= 0.6 is 11.8 Å². The number of amides is 3. The third-order valence-corrected chi connectivity index (χ3v) is 5.77. The molecule has 3 atom stereocenters. The predicted molar refractivity (Wildman–Crippen MR) is 98.2 cm³/mol. The van der Waals surface area contributed by atoms with Crippen molar-refractivity contribution in [3.63, 3.8) is 0 Å². The first-order chi connectivity index (χ1) is 12.1. The first-order valence-corrected chi connectivity index (χ1v) is 9.49. The quantitative estimate of drug-likeness (QED) is 0.832. The average Bonchev–Trinajstić information content (AvgIpc) is 3.06. The number of nitrogens with zero attached hydrogens (tertiary/aromatic N) is 1. The van der Waals surface area contributed by atoms with Crippen LogP contribution in [0.4, 0.5) is 4.79 Å². The molecule has 0 radical (unpaired) electrons. The van der Waals surface area contributed by atoms with Gasteiger partial charge in [-0.15, -0.1) is 11.8 Å². The summed E-state index contributed by atoms with van der Waals surface area (Å²) in [7, 11) is 0. The minimum Gasteiger partial charge on any atom is -0.444 e. The van der Waals surface area contributed by atoms with Crippen LogP contribution in [-0.4, -0.2) is 45.6 Å². The highest BCUT2D eigenvalue weighted by Gasteiger charge is 2.59. The molecule has 2 saturated heterocycles. The molecule has 3 unspecified atom stereocenters. The highest BCUT2D eigenvalue weighted by Crippen LogP contribution is 2.46. The Morgan fingerprint density at radius 1 is 1.31 bits per heavy atom. The number of nitrogens with one attached hydrogen (secondary N) is 1. The molecule has 0 spiro atoms. The predicted octanol–water partition coefficient (Wildman–Crippen LogP) is 1.57. The van der Waals surface area contributed by atoms with Crippen molar-refractivity contribution in [1.82, 2.24) is 10.2 Å². The molecule has 3 rings (SSSR count). The van der Waals surface area contributed by atoms with Gasteiger partial charge >= 0.3 is 6.09 Å². The number of benzene rings is 1. The normalized spacial score (nSPS) is 28.0. The smallest absolute Gasteiger partial charge is 0.408 e. The van der Waals surface area contributed by atoms with Gasteiger partial charge in [0.2, 0.25) is 5.91 Å². The molecule has 3 amide bonds. The van der Waals surface area contributed by atoms with Crippen LogP contribution in [0.25, 0.3) is 0 Å². The number of fused-ring (bicyclic) bond motifs is 1. The first kappa shape index (κ1) is 18.6. The Bertz CT molecular complexity index is 734. The first-order valence-electron chi connectivity index (χ1n) is 8.44. The number of alkyl carbamates (subject to hydrolysis) is 1. The number of thioether (sulfide) groups is 1. The van der Waals surface area contributed by atoms with Crippen molar-refractivity contribution >= 4 is 29.7 Å². The molecular formula is C18H23N3O4S. The molecule has 0 bridgehead atoms. The zero-order valence-electron chi connectivity index (χ0n) is 15.0. The fourth-order valence-corrected chi connectivity index (χ4v) is 4.90. The molecule has 2 aliphatic rings. The molecule has 1 aromatic carbocycles. The fourth-order valence-electron chi connectivity index (χ4n) is 3.40. The summed E-state index contributed by atoms with van der Waals surface area (Å²) in [5, 5.41) is 2.57. The number of hydrogen-bond donors (Lipinski definition) is 2. The van der Waals surface area contributed by atoms with Crippen LogP contribution in [0.2, 0.25) is 0 Å². The van der Waals surface area contributed by atoms with Crippen molar-refractivity contribution in [2.45, 2.75) is 49.7 Å². The maximum atomic E-state index is 13.4. The lowest BCUT2D eigenvalue weighted by Gasteiger charge is -2.31. The summed E-state index contributed by atoms with van der Waals surface area (Å²) in [4.78, 5) is 39.1. The standard InChI is InChI=1S/C18H23N3O4S/c1-17(2,3)25-16(24)20-18(11-7-5-4-6-8-11)9-13-21(15(18)23)12(10-26-13)14(19)22/h4-8,12-13H,9-10H2,1-3H3,(H2,19,22)(H,20,24). The fraction of sp³-hybridized carbons (Fsp3) is 0.500. The van der Waals surface area contributed by atoms with E-state index in [0.717, 1.165) is 0 Å². The van der Waals surface area contributed by atoms with Gasteiger partial charge < -0.3 is 20.7 Å². The van der Waals surface area contributed by atoms with Gasteiger partial charge in [-0.25, -0.2) is 4.79 Å². The Balaban J connectivity index is 1.97. The zero-order valence-corrected chi connectivity index (χ0v) is 15.8. The van der Waals surface area contributed by atoms with E-state index < -0.39 is 29.2 Å². The maximum Gasteiger partial charge on any atom is 0.408 e. The molecule has 2 fully saturated rings. The van der Waals surface area contributed by atoms with Gasteiger partial charge in [-0.05, 0) is 26.3 Å². The molecule has 1 aromatic rings. The number of primary amides is 1. The van der Waals surface area contributed by atoms with E-state index in [1.807, 2.05) is 18.2 Å². The van der Waals surface area contributed by atoms with E-state index >= 15 is 0 Å². The summed E-state index contributed by atoms with van der Waals surface area (Å²) in [5.41, 5.74) is 4.17. The van der Waals surface area contributed by atoms with Crippen LogP contribution in [0.1, 0.15) is 32.8 Å². The van der Waals surface area contributed by atoms with Crippen molar-refractivity contribution in [1.29, 1.82) is 0 Å². The minimum atomic E-state index is -1.27. The Morgan fingerprint density at radius 2 is 1.96 bits per heavy atom. The molecule has 2 heterocycles. The van der Waals surface area contributed by atoms with Crippen LogP contribution in [0, 0.1) is 0 Å². The number of carbonyl (C=O) groups excluding carboxylic acids is 3. The van der Waals surface area contributed by atoms with Crippen molar-refractivity contribution < 1.29 is 19.1 Å². The lowest BCUT2D eigenvalue weighted by molar-refractivity contribution is -0.139. The van der Waals surface area contributed by atoms with Gasteiger partial charge in [0.05, 0.1) is 5.37 Å². The van der Waals surface area contributed by atoms with E-state index in [2.05, 4.69) is 5.32 Å². The van der Waals surface area contributed by atoms with E-state index in [4.69, 9.17) is 10.5 Å². The molecule has 0 aromatic heterocycles. The Morgan fingerprint density at radius 3 is 2.54 bits per heavy atom. The monoisotopic (exact) mass is 377 g/mol. The second kappa shape index (κ2) is 6.50. The Hall–Kier alpha value is -2.22. The molecule has 140 valence electrons. The summed E-state index contributed by atoms with van der Waals surface area (Å²) in [6.07, 6.45) is -0.319. The number of ether oxygens (including phenoxy) is 1. The highest BCUT2D eigenvalue weighted by molar-refractivity contribution is 8.00. The summed E-state index contributed by atoms with van der Waals surface area (Å²) in [6.45, 7) is 5.28. The second-order valence-corrected chi connectivity index (χ2v) is 8.73. The Kier molecular flexibility index (Phi) is 4.64. The van der Waals surface area contributed by atoms with Crippen molar-refractivity contribution in [3.05, 3.63) is 35.9 Å². The van der Waals surface area contributed by atoms with Crippen LogP contribution < -0.4 is 11.1 Å². The molecule has 26 heavy (non-hydrogen) atoms. The highest BCUT2D eigenvalue weighted by atomic mass is 32.2. The summed E-state index contributed by atoms with van der Waals surface area (Å²) in [6, 6.07) is 8.38. The van der Waals surface area contributed by atoms with Gasteiger partial charge in [0.1, 0.15) is 11.6 Å². The summed E-state index contributed by atoms with van der Waals surface area (Å²) in [5.74, 6) is -0.383. The van der Waals surface area contributed by atoms with E-state index in [1.54, 1.807) is 32.9 Å². The van der Waals surface area contributed by atoms with Gasteiger partial charge in [0.25, 0.3) is 5.91 Å². The summed E-state index contributed by atoms with van der Waals surface area (Å²) >= 11 is 1.50. The van der Waals surface area contributed by atoms with Gasteiger partial charge in [-0.3, -0.25) is 9.59 Å². The van der Waals surface area contributed by atoms with Gasteiger partial charge in [-0.2, -0.15) is 0 Å². The van der Waals surface area contributed by atoms with Gasteiger partial charge in [0.15, 0.2) is 5.54 Å². The maximum absolute atomic E-state index is 13.4. The third-order valence-electron chi connectivity index (χ3n) is 4.48. The number of hydrogen-bond acceptors (Lipinski definition) is 5. The average molecular weight is 377 g/mol. The molecule has 2 aliphatic heterocycles. The van der Waals surface area contributed by atoms with E-state index in [0.29, 0.717) is 17.7 Å². The number of carbonyl (C=O) groups is 3. The van der Waals surface area contributed by atoms with Crippen molar-refractivity contribution in [2.75, 3.05) is 5.75 Å². The molecule has 8 heteroatoms. The third kappa shape index (κ3) is 3.25. The molecule has 0 aliphatic carbocycles. The lowest BCUT2D eigenvalue weighted by Crippen LogP contribution is -2.55. The van der Waals surface area contributed by atoms with Crippen LogP contribution in [-0.2, 0) is 19.9 Å². The van der Waals surface area contributed by atoms with Gasteiger partial charge in [0, 0.05) is 12.2 Å². The van der Waals surface area contributed by atoms with E-state index in [-0.39, 0.29) is 11.3 Å². The molecular weight excluding hydrogens is 354 g/mol. The van der Waals surface area contributed by atoms with Crippen LogP contribution in [0.5, 0.6) is 0 Å². The zero-order chi connectivity index (χ0) is 19.1. The largest absolute Gasteiger partial charge is 0.444 e. The second-order valence-electron chi connectivity index (χ2n) is 7.52. The van der Waals surface area contributed by atoms with Crippen LogP contribution in [0.3, 0.4) is 0 Å². The number of nitrogens with two attached hydrogens (primary N) is 1. The van der Waals surface area contributed by atoms with E-state index in [9.17, 15) is 14.4 Å². The topological polar surface area (TPSA) is 102 Å². The van der Waals surface area contributed by atoms with Crippen molar-refractivity contribution in [2.24, 2.45) is 5.73 Å². The Labute approximate surface area is 156 Å². The van der Waals surface area contributed by atoms with Crippen LogP contribution in [0.15, 0.2) is 30.3 Å². The van der Waals surface area contributed by atoms with E-state index in [1.165, 1.54) is 16.7 Å². The lowest BCUT2D eigenvalue weighted by atomic mass is 9.88. The minimum absolute atomic E-state index is 0.213. The summed E-state index contributed by atoms with van der Waals surface area (Å²) < 4.78 is 5.37. The van der Waals surface area contributed by atoms with Gasteiger partial charge in [-0.1, -0.05) is 30.3 Å². The number of rotatable bonds is 3. The SMILES string of the molecule is CC(C)(C)OC(=O)NC1(c2ccccc2)CC2SCC(C(N)=O)N2C1=O. The molecule has 0 saturated carbocycles. The molecule has 3 N–H and O–H groups in total.